The summed E-state index contributed by atoms with van der Waals surface area (Å²) in [7, 11) is -1.82. The van der Waals surface area contributed by atoms with Gasteiger partial charge in [0.1, 0.15) is 5.78 Å². The summed E-state index contributed by atoms with van der Waals surface area (Å²) in [5, 5.41) is 0.224. The minimum Gasteiger partial charge on any atom is -0.413 e. The number of hydrogen-bond donors (Lipinski definition) is 0. The molecule has 132 valence electrons. The van der Waals surface area contributed by atoms with Gasteiger partial charge in [0.2, 0.25) is 0 Å². The van der Waals surface area contributed by atoms with Crippen LogP contribution in [0.5, 0.6) is 0 Å². The van der Waals surface area contributed by atoms with Gasteiger partial charge in [-0.3, -0.25) is 4.79 Å². The summed E-state index contributed by atoms with van der Waals surface area (Å²) < 4.78 is 6.98. The molecule has 0 amide bonds. The van der Waals surface area contributed by atoms with E-state index in [4.69, 9.17) is 4.43 Å². The highest BCUT2D eigenvalue weighted by atomic mass is 28.4. The highest BCUT2D eigenvalue weighted by Gasteiger charge is 2.70. The van der Waals surface area contributed by atoms with Crippen molar-refractivity contribution in [3.63, 3.8) is 0 Å². The van der Waals surface area contributed by atoms with Crippen LogP contribution in [0.25, 0.3) is 0 Å². The van der Waals surface area contributed by atoms with Crippen LogP contribution in [0.2, 0.25) is 18.1 Å². The second-order valence-corrected chi connectivity index (χ2v) is 15.6. The van der Waals surface area contributed by atoms with E-state index in [1.807, 2.05) is 0 Å². The van der Waals surface area contributed by atoms with E-state index in [2.05, 4.69) is 54.6 Å². The van der Waals surface area contributed by atoms with Crippen LogP contribution in [-0.2, 0) is 9.22 Å². The molecular weight excluding hydrogens is 300 g/mol. The summed E-state index contributed by atoms with van der Waals surface area (Å²) in [5.41, 5.74) is 0.436. The van der Waals surface area contributed by atoms with Crippen LogP contribution < -0.4 is 0 Å². The summed E-state index contributed by atoms with van der Waals surface area (Å²) in [6, 6.07) is 0. The SMILES string of the molecule is C[C@@H]1CC[C@@H]2C(=O)C[C@@H]3[C@@H](O[Si](C)(C)C(C)(C)C)C(C)(C)CC123. The third-order valence-corrected chi connectivity index (χ3v) is 12.5. The number of carbonyl (C=O) groups is 1. The molecule has 0 radical (unpaired) electrons. The zero-order chi connectivity index (χ0) is 17.4. The fraction of sp³-hybridized carbons (Fsp3) is 0.950. The number of ketones is 1. The van der Waals surface area contributed by atoms with Gasteiger partial charge in [-0.15, -0.1) is 0 Å². The molecule has 3 rings (SSSR count). The van der Waals surface area contributed by atoms with Crippen molar-refractivity contribution in [2.75, 3.05) is 0 Å². The normalized spacial score (nSPS) is 42.9. The molecule has 0 N–H and O–H groups in total. The van der Waals surface area contributed by atoms with E-state index in [0.717, 1.165) is 12.8 Å². The molecule has 0 aromatic heterocycles. The van der Waals surface area contributed by atoms with Gasteiger partial charge in [0.25, 0.3) is 0 Å². The average molecular weight is 337 g/mol. The summed E-state index contributed by atoms with van der Waals surface area (Å²) in [6.45, 7) is 18.9. The third-order valence-electron chi connectivity index (χ3n) is 8.08. The quantitative estimate of drug-likeness (QED) is 0.629. The molecule has 3 aliphatic carbocycles. The first-order chi connectivity index (χ1) is 10.3. The van der Waals surface area contributed by atoms with Crippen molar-refractivity contribution in [1.29, 1.82) is 0 Å². The number of rotatable bonds is 2. The van der Waals surface area contributed by atoms with Crippen molar-refractivity contribution in [1.82, 2.24) is 0 Å². The molecule has 3 fully saturated rings. The lowest BCUT2D eigenvalue weighted by Gasteiger charge is -2.43. The first-order valence-corrected chi connectivity index (χ1v) is 12.4. The standard InChI is InChI=1S/C20H36O2Si/c1-13-9-10-14-16(21)11-15-17(19(5,6)12-20(13,14)15)22-23(7,8)18(2,3)4/h13-15,17H,9-12H2,1-8H3/t13-,14-,15-,17-,20?/m1/s1. The molecule has 3 aliphatic rings. The molecule has 1 spiro atoms. The minimum atomic E-state index is -1.82. The van der Waals surface area contributed by atoms with Gasteiger partial charge >= 0.3 is 0 Å². The van der Waals surface area contributed by atoms with Crippen LogP contribution in [0.3, 0.4) is 0 Å². The van der Waals surface area contributed by atoms with Crippen molar-refractivity contribution < 1.29 is 9.22 Å². The Morgan fingerprint density at radius 2 is 1.78 bits per heavy atom. The van der Waals surface area contributed by atoms with E-state index in [1.54, 1.807) is 0 Å². The summed E-state index contributed by atoms with van der Waals surface area (Å²) in [5.74, 6) is 2.01. The second kappa shape index (κ2) is 4.94. The Balaban J connectivity index is 1.97. The predicted octanol–water partition coefficient (Wildman–Crippen LogP) is 5.43. The van der Waals surface area contributed by atoms with E-state index in [1.165, 1.54) is 12.8 Å². The molecule has 1 unspecified atom stereocenters. The number of hydrogen-bond acceptors (Lipinski definition) is 2. The van der Waals surface area contributed by atoms with Gasteiger partial charge in [-0.05, 0) is 60.1 Å². The molecule has 23 heavy (non-hydrogen) atoms. The van der Waals surface area contributed by atoms with Gasteiger partial charge in [-0.25, -0.2) is 0 Å². The van der Waals surface area contributed by atoms with E-state index < -0.39 is 8.32 Å². The summed E-state index contributed by atoms with van der Waals surface area (Å²) in [4.78, 5) is 12.7. The van der Waals surface area contributed by atoms with Crippen molar-refractivity contribution in [2.45, 2.75) is 91.5 Å². The average Bonchev–Trinajstić information content (AvgIpc) is 2.89. The Kier molecular flexibility index (Phi) is 3.79. The maximum absolute atomic E-state index is 12.7. The molecule has 3 heteroatoms. The minimum absolute atomic E-state index is 0.192. The largest absolute Gasteiger partial charge is 0.413 e. The monoisotopic (exact) mass is 336 g/mol. The van der Waals surface area contributed by atoms with E-state index in [9.17, 15) is 4.79 Å². The van der Waals surface area contributed by atoms with Gasteiger partial charge in [-0.1, -0.05) is 41.5 Å². The maximum Gasteiger partial charge on any atom is 0.192 e. The molecule has 2 nitrogen and oxygen atoms in total. The lowest BCUT2D eigenvalue weighted by Crippen LogP contribution is -2.48. The molecule has 3 saturated carbocycles. The first kappa shape index (κ1) is 17.7. The third kappa shape index (κ3) is 2.32. The predicted molar refractivity (Wildman–Crippen MR) is 97.9 cm³/mol. The molecule has 0 aromatic rings. The smallest absolute Gasteiger partial charge is 0.192 e. The van der Waals surface area contributed by atoms with Crippen LogP contribution in [-0.4, -0.2) is 20.2 Å². The Morgan fingerprint density at radius 3 is 2.35 bits per heavy atom. The van der Waals surface area contributed by atoms with E-state index >= 15 is 0 Å². The lowest BCUT2D eigenvalue weighted by atomic mass is 9.69. The molecular formula is C20H36O2Si. The molecule has 5 atom stereocenters. The van der Waals surface area contributed by atoms with Crippen LogP contribution in [0.1, 0.15) is 67.2 Å². The van der Waals surface area contributed by atoms with Gasteiger partial charge < -0.3 is 4.43 Å². The summed E-state index contributed by atoms with van der Waals surface area (Å²) >= 11 is 0. The van der Waals surface area contributed by atoms with Crippen LogP contribution >= 0.6 is 0 Å². The zero-order valence-electron chi connectivity index (χ0n) is 16.5. The molecule has 0 heterocycles. The Hall–Kier alpha value is -0.153. The van der Waals surface area contributed by atoms with E-state index in [-0.39, 0.29) is 22.0 Å². The number of Topliss-reactive ketones (excluding diaryl/α,β-unsaturated/α-hetero) is 1. The molecule has 0 bridgehead atoms. The van der Waals surface area contributed by atoms with Crippen LogP contribution in [0.4, 0.5) is 0 Å². The Morgan fingerprint density at radius 1 is 1.17 bits per heavy atom. The van der Waals surface area contributed by atoms with Crippen LogP contribution in [0, 0.1) is 28.6 Å². The number of carbonyl (C=O) groups excluding carboxylic acids is 1. The van der Waals surface area contributed by atoms with Crippen LogP contribution in [0.15, 0.2) is 0 Å². The topological polar surface area (TPSA) is 26.3 Å². The maximum atomic E-state index is 12.7. The molecule has 0 saturated heterocycles. The Bertz CT molecular complexity index is 516. The highest BCUT2D eigenvalue weighted by molar-refractivity contribution is 6.74. The van der Waals surface area contributed by atoms with Gasteiger partial charge in [-0.2, -0.15) is 0 Å². The van der Waals surface area contributed by atoms with Gasteiger partial charge in [0, 0.05) is 12.3 Å². The highest BCUT2D eigenvalue weighted by Crippen LogP contribution is 2.70. The fourth-order valence-corrected chi connectivity index (χ4v) is 7.39. The van der Waals surface area contributed by atoms with Crippen molar-refractivity contribution in [3.8, 4) is 0 Å². The molecule has 0 aliphatic heterocycles. The fourth-order valence-electron chi connectivity index (χ4n) is 5.92. The van der Waals surface area contributed by atoms with Crippen molar-refractivity contribution in [3.05, 3.63) is 0 Å². The van der Waals surface area contributed by atoms with Crippen molar-refractivity contribution in [2.24, 2.45) is 28.6 Å². The van der Waals surface area contributed by atoms with Gasteiger partial charge in [0.15, 0.2) is 8.32 Å². The lowest BCUT2D eigenvalue weighted by molar-refractivity contribution is -0.122. The van der Waals surface area contributed by atoms with Gasteiger partial charge in [0.05, 0.1) is 6.10 Å². The zero-order valence-corrected chi connectivity index (χ0v) is 17.5. The Labute approximate surface area is 143 Å². The second-order valence-electron chi connectivity index (χ2n) is 10.9. The summed E-state index contributed by atoms with van der Waals surface area (Å²) in [6.07, 6.45) is 4.58. The van der Waals surface area contributed by atoms with E-state index in [0.29, 0.717) is 23.5 Å². The van der Waals surface area contributed by atoms with Crippen molar-refractivity contribution >= 4 is 14.1 Å². The first-order valence-electron chi connectivity index (χ1n) is 9.53. The molecule has 0 aromatic carbocycles.